The number of epoxide rings is 1. The van der Waals surface area contributed by atoms with Gasteiger partial charge in [0.25, 0.3) is 5.97 Å². The van der Waals surface area contributed by atoms with Gasteiger partial charge < -0.3 is 39.0 Å². The third kappa shape index (κ3) is 3.20. The molecule has 7 fully saturated rings. The zero-order valence-electron chi connectivity index (χ0n) is 25.3. The molecule has 234 valence electrons. The molecule has 42 heavy (non-hydrogen) atoms. The summed E-state index contributed by atoms with van der Waals surface area (Å²) in [7, 11) is 0. The number of carbonyl (C=O) groups is 2. The Labute approximate surface area is 247 Å². The smallest absolute Gasteiger partial charge is 0.303 e. The van der Waals surface area contributed by atoms with Crippen molar-refractivity contribution in [2.75, 3.05) is 6.61 Å². The van der Waals surface area contributed by atoms with Crippen molar-refractivity contribution in [1.29, 1.82) is 0 Å². The second-order valence-electron chi connectivity index (χ2n) is 14.6. The monoisotopic (exact) mass is 590 g/mol. The van der Waals surface area contributed by atoms with Crippen LogP contribution in [0.3, 0.4) is 0 Å². The highest BCUT2D eigenvalue weighted by Crippen LogP contribution is 2.75. The molecule has 15 atom stereocenters. The van der Waals surface area contributed by atoms with Crippen molar-refractivity contribution in [1.82, 2.24) is 0 Å². The van der Waals surface area contributed by atoms with E-state index in [0.717, 1.165) is 38.5 Å². The molecule has 4 aliphatic heterocycles. The van der Waals surface area contributed by atoms with E-state index in [9.17, 15) is 24.9 Å². The number of esters is 1. The van der Waals surface area contributed by atoms with Gasteiger partial charge in [-0.3, -0.25) is 9.59 Å². The van der Waals surface area contributed by atoms with Crippen molar-refractivity contribution >= 4 is 11.8 Å². The van der Waals surface area contributed by atoms with Crippen LogP contribution in [0.2, 0.25) is 0 Å². The van der Waals surface area contributed by atoms with Gasteiger partial charge in [-0.1, -0.05) is 59.5 Å². The quantitative estimate of drug-likeness (QED) is 0.255. The van der Waals surface area contributed by atoms with E-state index in [1.807, 2.05) is 20.8 Å². The Kier molecular flexibility index (Phi) is 6.34. The Morgan fingerprint density at radius 3 is 2.40 bits per heavy atom. The molecule has 0 aromatic heterocycles. The maximum Gasteiger partial charge on any atom is 0.303 e. The summed E-state index contributed by atoms with van der Waals surface area (Å²) < 4.78 is 33.4. The average Bonchev–Trinajstić information content (AvgIpc) is 3.57. The summed E-state index contributed by atoms with van der Waals surface area (Å²) >= 11 is 0. The van der Waals surface area contributed by atoms with Gasteiger partial charge in [0.15, 0.2) is 17.0 Å². The van der Waals surface area contributed by atoms with E-state index in [0.29, 0.717) is 12.0 Å². The van der Waals surface area contributed by atoms with Crippen molar-refractivity contribution in [3.63, 3.8) is 0 Å². The number of aliphatic hydroxyl groups is 3. The van der Waals surface area contributed by atoms with Crippen LogP contribution in [0.5, 0.6) is 0 Å². The standard InChI is InChI=1S/C32H46O10/c1-15(2)31-24(38-19(6)34)18(5)32-21-25-28(14-33,39-25)27(36)30(37)22(32)20(17(4)23(30)35)16(3)12-10-8-7-9-11-13-29(41-31,42-32)40-26(21)31/h16-18,20-22,24-27,33,36-37H,1,7-14H2,2-6H3/t16-,17+,18-,20+,21+,22-,24-,25+,26-,27-,28+,29+,30-,31+,32-/m1/s1. The second-order valence-corrected chi connectivity index (χ2v) is 14.6. The Hall–Kier alpha value is -1.40. The summed E-state index contributed by atoms with van der Waals surface area (Å²) in [5.74, 6) is -5.62. The molecular formula is C32H46O10. The fraction of sp³-hybridized carbons (Fsp3) is 0.875. The second kappa shape index (κ2) is 9.08. The molecule has 10 heteroatoms. The van der Waals surface area contributed by atoms with Crippen molar-refractivity contribution in [2.24, 2.45) is 35.5 Å². The Balaban J connectivity index is 1.55. The molecule has 4 heterocycles. The van der Waals surface area contributed by atoms with Gasteiger partial charge in [-0.2, -0.15) is 0 Å². The van der Waals surface area contributed by atoms with E-state index < -0.39 is 94.8 Å². The van der Waals surface area contributed by atoms with E-state index in [4.69, 9.17) is 23.7 Å². The predicted octanol–water partition coefficient (Wildman–Crippen LogP) is 2.40. The molecule has 0 unspecified atom stereocenters. The Morgan fingerprint density at radius 1 is 1.05 bits per heavy atom. The number of hydrogen-bond acceptors (Lipinski definition) is 10. The van der Waals surface area contributed by atoms with E-state index in [1.165, 1.54) is 6.92 Å². The van der Waals surface area contributed by atoms with Gasteiger partial charge in [0.1, 0.15) is 30.0 Å². The van der Waals surface area contributed by atoms with Crippen LogP contribution in [0.4, 0.5) is 0 Å². The Morgan fingerprint density at radius 2 is 1.74 bits per heavy atom. The van der Waals surface area contributed by atoms with Crippen LogP contribution in [0.15, 0.2) is 12.2 Å². The number of ketones is 1. The minimum Gasteiger partial charge on any atom is -0.459 e. The van der Waals surface area contributed by atoms with Crippen LogP contribution in [-0.2, 0) is 33.3 Å². The molecule has 0 aromatic rings. The highest BCUT2D eigenvalue weighted by atomic mass is 16.9. The lowest BCUT2D eigenvalue weighted by atomic mass is 9.50. The first kappa shape index (κ1) is 29.3. The normalized spacial score (nSPS) is 57.8. The van der Waals surface area contributed by atoms with E-state index >= 15 is 0 Å². The van der Waals surface area contributed by atoms with Crippen molar-refractivity contribution in [3.05, 3.63) is 12.2 Å². The number of rotatable bonds is 3. The largest absolute Gasteiger partial charge is 0.459 e. The zero-order chi connectivity index (χ0) is 30.2. The zero-order valence-corrected chi connectivity index (χ0v) is 25.3. The minimum atomic E-state index is -2.28. The summed E-state index contributed by atoms with van der Waals surface area (Å²) in [5, 5.41) is 35.6. The van der Waals surface area contributed by atoms with Crippen LogP contribution < -0.4 is 0 Å². The molecule has 7 aliphatic rings. The highest BCUT2D eigenvalue weighted by Gasteiger charge is 2.91. The van der Waals surface area contributed by atoms with E-state index in [-0.39, 0.29) is 11.8 Å². The average molecular weight is 591 g/mol. The molecule has 10 nitrogen and oxygen atoms in total. The van der Waals surface area contributed by atoms with Crippen molar-refractivity contribution in [3.8, 4) is 0 Å². The van der Waals surface area contributed by atoms with Crippen LogP contribution in [0.1, 0.15) is 79.6 Å². The van der Waals surface area contributed by atoms with Crippen LogP contribution in [0, 0.1) is 35.5 Å². The van der Waals surface area contributed by atoms with Gasteiger partial charge >= 0.3 is 5.97 Å². The van der Waals surface area contributed by atoms with E-state index in [1.54, 1.807) is 0 Å². The summed E-state index contributed by atoms with van der Waals surface area (Å²) in [6.45, 7) is 12.8. The topological polar surface area (TPSA) is 144 Å². The van der Waals surface area contributed by atoms with Gasteiger partial charge in [0.2, 0.25) is 0 Å². The first-order chi connectivity index (χ1) is 19.8. The van der Waals surface area contributed by atoms with Gasteiger partial charge in [0, 0.05) is 37.0 Å². The lowest BCUT2D eigenvalue weighted by Crippen LogP contribution is -2.77. The molecule has 2 spiro atoms. The third-order valence-electron chi connectivity index (χ3n) is 12.5. The van der Waals surface area contributed by atoms with Crippen LogP contribution >= 0.6 is 0 Å². The summed E-state index contributed by atoms with van der Waals surface area (Å²) in [6, 6.07) is 0. The molecule has 7 rings (SSSR count). The summed E-state index contributed by atoms with van der Waals surface area (Å²) in [4.78, 5) is 27.0. The molecule has 3 saturated carbocycles. The number of fused-ring (bicyclic) bond motifs is 1. The lowest BCUT2D eigenvalue weighted by molar-refractivity contribution is -0.437. The van der Waals surface area contributed by atoms with Gasteiger partial charge in [-0.25, -0.2) is 0 Å². The van der Waals surface area contributed by atoms with Gasteiger partial charge in [0.05, 0.1) is 12.2 Å². The molecule has 3 bridgehead atoms. The van der Waals surface area contributed by atoms with E-state index in [2.05, 4.69) is 13.5 Å². The molecule has 4 saturated heterocycles. The first-order valence-corrected chi connectivity index (χ1v) is 15.9. The minimum absolute atomic E-state index is 0.0135. The predicted molar refractivity (Wildman–Crippen MR) is 147 cm³/mol. The highest BCUT2D eigenvalue weighted by molar-refractivity contribution is 5.93. The lowest BCUT2D eigenvalue weighted by Gasteiger charge is -2.62. The Bertz CT molecular complexity index is 1210. The van der Waals surface area contributed by atoms with Crippen LogP contribution in [0.25, 0.3) is 0 Å². The molecule has 0 aromatic carbocycles. The first-order valence-electron chi connectivity index (χ1n) is 15.9. The number of aliphatic hydroxyl groups excluding tert-OH is 2. The number of Topliss-reactive ketones (excluding diaryl/α,β-unsaturated/α-hetero) is 1. The molecule has 0 radical (unpaired) electrons. The van der Waals surface area contributed by atoms with Gasteiger partial charge in [-0.05, 0) is 30.8 Å². The summed E-state index contributed by atoms with van der Waals surface area (Å²) in [6.07, 6.45) is 1.87. The van der Waals surface area contributed by atoms with Crippen molar-refractivity contribution in [2.45, 2.75) is 132 Å². The maximum absolute atomic E-state index is 14.3. The molecule has 3 aliphatic carbocycles. The SMILES string of the molecule is C=C(C)[C@@]12O[C@]34CCCCCCC[C@@H](C)[C@H]5[C@H](C)C(=O)[C@@]6(O)[C@H](O)[C@@]7(CO)O[C@H]7[C@@H]([C@H]1O3)[C@](O4)([C@H](C)[C@H]2OC(C)=O)[C@H]56. The third-order valence-corrected chi connectivity index (χ3v) is 12.5. The number of carbonyl (C=O) groups excluding carboxylic acids is 2. The molecular weight excluding hydrogens is 544 g/mol. The van der Waals surface area contributed by atoms with Gasteiger partial charge in [-0.15, -0.1) is 0 Å². The van der Waals surface area contributed by atoms with Crippen molar-refractivity contribution < 1.29 is 48.6 Å². The fourth-order valence-corrected chi connectivity index (χ4v) is 10.8. The maximum atomic E-state index is 14.3. The number of hydrogen-bond donors (Lipinski definition) is 3. The number of ether oxygens (including phenoxy) is 5. The molecule has 0 amide bonds. The van der Waals surface area contributed by atoms with Crippen LogP contribution in [-0.4, -0.2) is 86.5 Å². The molecule has 3 N–H and O–H groups in total. The summed E-state index contributed by atoms with van der Waals surface area (Å²) in [5.41, 5.74) is -5.92. The fourth-order valence-electron chi connectivity index (χ4n) is 10.8.